The number of hydrogen-bond donors (Lipinski definition) is 0. The van der Waals surface area contributed by atoms with Crippen LogP contribution in [0.25, 0.3) is 10.9 Å². The van der Waals surface area contributed by atoms with Crippen molar-refractivity contribution >= 4 is 10.9 Å². The molecule has 0 amide bonds. The number of aromatic nitrogens is 3. The molecule has 0 spiro atoms. The maximum absolute atomic E-state index is 5.99. The first kappa shape index (κ1) is 14.3. The Morgan fingerprint density at radius 3 is 2.91 bits per heavy atom. The van der Waals surface area contributed by atoms with Crippen LogP contribution in [0.3, 0.4) is 0 Å². The molecule has 1 aliphatic rings. The molecular weight excluding hydrogens is 288 g/mol. The van der Waals surface area contributed by atoms with E-state index < -0.39 is 0 Å². The van der Waals surface area contributed by atoms with Crippen molar-refractivity contribution in [3.8, 4) is 5.75 Å². The van der Waals surface area contributed by atoms with E-state index >= 15 is 0 Å². The highest BCUT2D eigenvalue weighted by Gasteiger charge is 2.34. The first-order chi connectivity index (χ1) is 11.1. The predicted molar refractivity (Wildman–Crippen MR) is 90.6 cm³/mol. The Hall–Kier alpha value is -2.27. The van der Waals surface area contributed by atoms with Crippen molar-refractivity contribution in [2.24, 2.45) is 14.1 Å². The zero-order chi connectivity index (χ0) is 16.0. The first-order valence-electron chi connectivity index (χ1n) is 8.00. The summed E-state index contributed by atoms with van der Waals surface area (Å²) in [7, 11) is 4.05. The summed E-state index contributed by atoms with van der Waals surface area (Å²) in [5.74, 6) is 0.955. The number of rotatable bonds is 5. The summed E-state index contributed by atoms with van der Waals surface area (Å²) in [6, 6.07) is 9.06. The lowest BCUT2D eigenvalue weighted by Gasteiger charge is -2.07. The lowest BCUT2D eigenvalue weighted by Crippen LogP contribution is -2.10. The molecule has 5 nitrogen and oxygen atoms in total. The summed E-state index contributed by atoms with van der Waals surface area (Å²) >= 11 is 0. The van der Waals surface area contributed by atoms with Gasteiger partial charge in [0.15, 0.2) is 0 Å². The van der Waals surface area contributed by atoms with Gasteiger partial charge in [0.1, 0.15) is 12.4 Å². The van der Waals surface area contributed by atoms with Gasteiger partial charge in [-0.15, -0.1) is 0 Å². The lowest BCUT2D eigenvalue weighted by atomic mass is 10.2. The standard InChI is InChI=1S/C18H22N4O/c1-13-6-15-7-17(4-5-18(15)21(13)3)23-12-16-11-22(16)10-14-8-19-20(2)9-14/h4-9,16H,10-12H2,1-3H3. The molecule has 4 rings (SSSR count). The second-order valence-corrected chi connectivity index (χ2v) is 6.48. The molecule has 1 saturated heterocycles. The summed E-state index contributed by atoms with van der Waals surface area (Å²) in [4.78, 5) is 2.40. The summed E-state index contributed by atoms with van der Waals surface area (Å²) in [6.45, 7) is 4.93. The lowest BCUT2D eigenvalue weighted by molar-refractivity contribution is 0.293. The molecule has 0 bridgehead atoms. The van der Waals surface area contributed by atoms with Crippen LogP contribution in [0, 0.1) is 6.92 Å². The van der Waals surface area contributed by atoms with Gasteiger partial charge in [0.05, 0.1) is 12.2 Å². The van der Waals surface area contributed by atoms with Crippen LogP contribution in [0.1, 0.15) is 11.3 Å². The number of nitrogens with zero attached hydrogens (tertiary/aromatic N) is 4. The highest BCUT2D eigenvalue weighted by Crippen LogP contribution is 2.26. The van der Waals surface area contributed by atoms with Crippen LogP contribution in [0.2, 0.25) is 0 Å². The normalized spacial score (nSPS) is 20.1. The largest absolute Gasteiger partial charge is 0.492 e. The van der Waals surface area contributed by atoms with Crippen molar-refractivity contribution in [1.82, 2.24) is 19.2 Å². The van der Waals surface area contributed by atoms with E-state index in [4.69, 9.17) is 4.74 Å². The van der Waals surface area contributed by atoms with Crippen LogP contribution >= 0.6 is 0 Å². The maximum atomic E-state index is 5.99. The number of benzene rings is 1. The van der Waals surface area contributed by atoms with E-state index in [-0.39, 0.29) is 0 Å². The van der Waals surface area contributed by atoms with Gasteiger partial charge in [-0.3, -0.25) is 9.58 Å². The predicted octanol–water partition coefficient (Wildman–Crippen LogP) is 2.48. The SMILES string of the molecule is Cc1cc2cc(OCC3CN3Cc3cnn(C)c3)ccc2n1C. The minimum absolute atomic E-state index is 0.517. The number of fused-ring (bicyclic) bond motifs is 1. The van der Waals surface area contributed by atoms with E-state index in [1.54, 1.807) is 0 Å². The first-order valence-corrected chi connectivity index (χ1v) is 8.00. The van der Waals surface area contributed by atoms with Crippen molar-refractivity contribution in [1.29, 1.82) is 0 Å². The molecular formula is C18H22N4O. The van der Waals surface area contributed by atoms with E-state index in [0.29, 0.717) is 6.04 Å². The minimum atomic E-state index is 0.517. The molecule has 1 fully saturated rings. The van der Waals surface area contributed by atoms with Crippen LogP contribution in [-0.2, 0) is 20.6 Å². The summed E-state index contributed by atoms with van der Waals surface area (Å²) in [5, 5.41) is 5.45. The van der Waals surface area contributed by atoms with Gasteiger partial charge >= 0.3 is 0 Å². The fraction of sp³-hybridized carbons (Fsp3) is 0.389. The fourth-order valence-corrected chi connectivity index (χ4v) is 3.11. The highest BCUT2D eigenvalue weighted by atomic mass is 16.5. The van der Waals surface area contributed by atoms with Crippen molar-refractivity contribution in [2.75, 3.05) is 13.2 Å². The van der Waals surface area contributed by atoms with Crippen LogP contribution in [-0.4, -0.2) is 38.4 Å². The second kappa shape index (κ2) is 5.42. The molecule has 23 heavy (non-hydrogen) atoms. The van der Waals surface area contributed by atoms with Gasteiger partial charge < -0.3 is 9.30 Å². The smallest absolute Gasteiger partial charge is 0.120 e. The van der Waals surface area contributed by atoms with Gasteiger partial charge in [-0.25, -0.2) is 0 Å². The Balaban J connectivity index is 1.35. The van der Waals surface area contributed by atoms with Gasteiger partial charge in [0, 0.05) is 55.5 Å². The van der Waals surface area contributed by atoms with Crippen LogP contribution in [0.4, 0.5) is 0 Å². The zero-order valence-electron chi connectivity index (χ0n) is 13.9. The molecule has 3 heterocycles. The highest BCUT2D eigenvalue weighted by molar-refractivity contribution is 5.82. The van der Waals surface area contributed by atoms with E-state index in [0.717, 1.165) is 25.4 Å². The molecule has 1 aliphatic heterocycles. The van der Waals surface area contributed by atoms with Gasteiger partial charge in [0.25, 0.3) is 0 Å². The Morgan fingerprint density at radius 2 is 2.13 bits per heavy atom. The Kier molecular flexibility index (Phi) is 3.38. The topological polar surface area (TPSA) is 35.0 Å². The number of ether oxygens (including phenoxy) is 1. The molecule has 120 valence electrons. The molecule has 5 heteroatoms. The molecule has 0 aliphatic carbocycles. The molecule has 2 atom stereocenters. The van der Waals surface area contributed by atoms with E-state index in [1.807, 2.05) is 17.9 Å². The summed E-state index contributed by atoms with van der Waals surface area (Å²) < 4.78 is 10.0. The maximum Gasteiger partial charge on any atom is 0.120 e. The third-order valence-electron chi connectivity index (χ3n) is 4.67. The van der Waals surface area contributed by atoms with Crippen LogP contribution in [0.5, 0.6) is 5.75 Å². The summed E-state index contributed by atoms with van der Waals surface area (Å²) in [6.07, 6.45) is 4.00. The quantitative estimate of drug-likeness (QED) is 0.679. The monoisotopic (exact) mass is 310 g/mol. The van der Waals surface area contributed by atoms with Gasteiger partial charge in [-0.05, 0) is 31.2 Å². The van der Waals surface area contributed by atoms with Crippen molar-refractivity contribution in [3.63, 3.8) is 0 Å². The summed E-state index contributed by atoms with van der Waals surface area (Å²) in [5.41, 5.74) is 3.78. The molecule has 2 aromatic heterocycles. The number of aryl methyl sites for hydroxylation is 3. The molecule has 1 aromatic carbocycles. The van der Waals surface area contributed by atoms with Crippen LogP contribution < -0.4 is 4.74 Å². The van der Waals surface area contributed by atoms with Crippen molar-refractivity contribution < 1.29 is 4.74 Å². The van der Waals surface area contributed by atoms with Gasteiger partial charge in [0.2, 0.25) is 0 Å². The van der Waals surface area contributed by atoms with Gasteiger partial charge in [-0.1, -0.05) is 0 Å². The second-order valence-electron chi connectivity index (χ2n) is 6.48. The van der Waals surface area contributed by atoms with Gasteiger partial charge in [-0.2, -0.15) is 5.10 Å². The minimum Gasteiger partial charge on any atom is -0.492 e. The average Bonchev–Trinajstić information content (AvgIpc) is 3.04. The van der Waals surface area contributed by atoms with E-state index in [9.17, 15) is 0 Å². The Morgan fingerprint density at radius 1 is 1.26 bits per heavy atom. The van der Waals surface area contributed by atoms with Crippen molar-refractivity contribution in [3.05, 3.63) is 47.9 Å². The van der Waals surface area contributed by atoms with Crippen LogP contribution in [0.15, 0.2) is 36.7 Å². The van der Waals surface area contributed by atoms with E-state index in [2.05, 4.69) is 59.0 Å². The fourth-order valence-electron chi connectivity index (χ4n) is 3.11. The Labute approximate surface area is 136 Å². The zero-order valence-corrected chi connectivity index (χ0v) is 13.9. The number of hydrogen-bond acceptors (Lipinski definition) is 3. The Bertz CT molecular complexity index is 848. The third-order valence-corrected chi connectivity index (χ3v) is 4.67. The molecule has 0 N–H and O–H groups in total. The molecule has 3 aromatic rings. The third kappa shape index (κ3) is 2.84. The average molecular weight is 310 g/mol. The molecule has 2 unspecified atom stereocenters. The van der Waals surface area contributed by atoms with E-state index in [1.165, 1.54) is 22.2 Å². The molecule has 0 saturated carbocycles. The van der Waals surface area contributed by atoms with Crippen molar-refractivity contribution in [2.45, 2.75) is 19.5 Å². The molecule has 0 radical (unpaired) electrons.